The lowest BCUT2D eigenvalue weighted by Gasteiger charge is -2.11. The van der Waals surface area contributed by atoms with Crippen LogP contribution in [0, 0.1) is 0 Å². The van der Waals surface area contributed by atoms with E-state index in [1.165, 1.54) is 6.33 Å². The molecule has 5 nitrogen and oxygen atoms in total. The van der Waals surface area contributed by atoms with Crippen molar-refractivity contribution in [2.24, 2.45) is 0 Å². The van der Waals surface area contributed by atoms with Crippen molar-refractivity contribution in [1.29, 1.82) is 0 Å². The van der Waals surface area contributed by atoms with Gasteiger partial charge in [0.25, 0.3) is 0 Å². The lowest BCUT2D eigenvalue weighted by molar-refractivity contribution is 0.296. The Bertz CT molecular complexity index is 502. The van der Waals surface area contributed by atoms with Gasteiger partial charge in [-0.2, -0.15) is 0 Å². The highest BCUT2D eigenvalue weighted by Gasteiger charge is 2.07. The third-order valence-corrected chi connectivity index (χ3v) is 2.40. The largest absolute Gasteiger partial charge is 0.493 e. The van der Waals surface area contributed by atoms with Crippen LogP contribution in [0.15, 0.2) is 24.7 Å². The van der Waals surface area contributed by atoms with E-state index >= 15 is 0 Å². The number of rotatable bonds is 5. The van der Waals surface area contributed by atoms with Gasteiger partial charge in [0, 0.05) is 24.2 Å². The average molecular weight is 233 g/mol. The highest BCUT2D eigenvalue weighted by Crippen LogP contribution is 2.30. The van der Waals surface area contributed by atoms with Crippen LogP contribution in [0.3, 0.4) is 0 Å². The van der Waals surface area contributed by atoms with E-state index in [0.717, 1.165) is 17.4 Å². The van der Waals surface area contributed by atoms with E-state index in [-0.39, 0.29) is 0 Å². The van der Waals surface area contributed by atoms with Crippen molar-refractivity contribution in [3.8, 4) is 11.5 Å². The lowest BCUT2D eigenvalue weighted by Crippen LogP contribution is -2.16. The first-order valence-electron chi connectivity index (χ1n) is 5.40. The Labute approximate surface area is 99.8 Å². The Morgan fingerprint density at radius 1 is 1.29 bits per heavy atom. The number of ether oxygens (including phenoxy) is 2. The number of fused-ring (bicyclic) bond motifs is 1. The maximum Gasteiger partial charge on any atom is 0.163 e. The zero-order valence-electron chi connectivity index (χ0n) is 9.93. The minimum absolute atomic E-state index is 0.587. The molecule has 0 amide bonds. The zero-order chi connectivity index (χ0) is 12.1. The number of benzene rings is 1. The Morgan fingerprint density at radius 3 is 2.94 bits per heavy atom. The van der Waals surface area contributed by atoms with Crippen LogP contribution in [0.5, 0.6) is 11.5 Å². The van der Waals surface area contributed by atoms with Gasteiger partial charge in [-0.15, -0.1) is 0 Å². The highest BCUT2D eigenvalue weighted by atomic mass is 16.5. The fourth-order valence-electron chi connectivity index (χ4n) is 1.52. The zero-order valence-corrected chi connectivity index (χ0v) is 9.93. The second-order valence-corrected chi connectivity index (χ2v) is 3.54. The van der Waals surface area contributed by atoms with Crippen molar-refractivity contribution < 1.29 is 9.47 Å². The smallest absolute Gasteiger partial charge is 0.163 e. The fourth-order valence-corrected chi connectivity index (χ4v) is 1.52. The second kappa shape index (κ2) is 5.45. The van der Waals surface area contributed by atoms with E-state index in [9.17, 15) is 0 Å². The molecule has 0 aliphatic carbocycles. The molecule has 0 unspecified atom stereocenters. The third-order valence-electron chi connectivity index (χ3n) is 2.40. The van der Waals surface area contributed by atoms with Gasteiger partial charge in [-0.05, 0) is 13.1 Å². The third kappa shape index (κ3) is 2.62. The molecule has 0 bridgehead atoms. The summed E-state index contributed by atoms with van der Waals surface area (Å²) in [6.45, 7) is 1.37. The molecule has 17 heavy (non-hydrogen) atoms. The molecule has 0 atom stereocenters. The molecule has 1 N–H and O–H groups in total. The Balaban J connectivity index is 2.32. The van der Waals surface area contributed by atoms with Gasteiger partial charge in [0.1, 0.15) is 12.9 Å². The summed E-state index contributed by atoms with van der Waals surface area (Å²) in [5.74, 6) is 1.40. The van der Waals surface area contributed by atoms with E-state index in [0.29, 0.717) is 18.1 Å². The van der Waals surface area contributed by atoms with E-state index in [2.05, 4.69) is 15.3 Å². The summed E-state index contributed by atoms with van der Waals surface area (Å²) in [4.78, 5) is 8.16. The SMILES string of the molecule is CNCCOc1cc2ncncc2cc1OC. The monoisotopic (exact) mass is 233 g/mol. The predicted molar refractivity (Wildman–Crippen MR) is 65.5 cm³/mol. The Hall–Kier alpha value is -1.88. The summed E-state index contributed by atoms with van der Waals surface area (Å²) in [6.07, 6.45) is 3.27. The molecule has 0 fully saturated rings. The van der Waals surface area contributed by atoms with Gasteiger partial charge in [0.2, 0.25) is 0 Å². The van der Waals surface area contributed by atoms with Crippen molar-refractivity contribution in [2.45, 2.75) is 0 Å². The summed E-state index contributed by atoms with van der Waals surface area (Å²) >= 11 is 0. The maximum atomic E-state index is 5.63. The van der Waals surface area contributed by atoms with Crippen LogP contribution in [0.2, 0.25) is 0 Å². The molecule has 2 rings (SSSR count). The molecule has 5 heteroatoms. The summed E-state index contributed by atoms with van der Waals surface area (Å²) in [5, 5.41) is 3.96. The highest BCUT2D eigenvalue weighted by molar-refractivity contribution is 5.81. The number of aromatic nitrogens is 2. The first-order chi connectivity index (χ1) is 8.35. The molecular weight excluding hydrogens is 218 g/mol. The molecule has 2 aromatic rings. The molecule has 90 valence electrons. The quantitative estimate of drug-likeness (QED) is 0.787. The molecule has 0 radical (unpaired) electrons. The van der Waals surface area contributed by atoms with Crippen LogP contribution in [0.1, 0.15) is 0 Å². The number of nitrogens with one attached hydrogen (secondary N) is 1. The lowest BCUT2D eigenvalue weighted by atomic mass is 10.2. The molecule has 0 aliphatic rings. The van der Waals surface area contributed by atoms with Gasteiger partial charge in [0.15, 0.2) is 11.5 Å². The first-order valence-corrected chi connectivity index (χ1v) is 5.40. The van der Waals surface area contributed by atoms with Gasteiger partial charge in [-0.3, -0.25) is 0 Å². The van der Waals surface area contributed by atoms with E-state index in [4.69, 9.17) is 9.47 Å². The predicted octanol–water partition coefficient (Wildman–Crippen LogP) is 1.24. The van der Waals surface area contributed by atoms with Crippen molar-refractivity contribution >= 4 is 10.9 Å². The maximum absolute atomic E-state index is 5.63. The Kier molecular flexibility index (Phi) is 3.72. The van der Waals surface area contributed by atoms with Crippen molar-refractivity contribution in [1.82, 2.24) is 15.3 Å². The molecule has 0 aliphatic heterocycles. The van der Waals surface area contributed by atoms with E-state index in [1.807, 2.05) is 19.2 Å². The van der Waals surface area contributed by atoms with E-state index < -0.39 is 0 Å². The molecule has 1 aromatic heterocycles. The average Bonchev–Trinajstić information content (AvgIpc) is 2.38. The van der Waals surface area contributed by atoms with E-state index in [1.54, 1.807) is 13.3 Å². The van der Waals surface area contributed by atoms with Crippen LogP contribution in [-0.4, -0.2) is 37.3 Å². The number of hydrogen-bond acceptors (Lipinski definition) is 5. The van der Waals surface area contributed by atoms with Crippen LogP contribution in [-0.2, 0) is 0 Å². The molecular formula is C12H15N3O2. The minimum atomic E-state index is 0.587. The standard InChI is InChI=1S/C12H15N3O2/c1-13-3-4-17-12-6-10-9(5-11(12)16-2)7-14-8-15-10/h5-8,13H,3-4H2,1-2H3. The van der Waals surface area contributed by atoms with Gasteiger partial charge in [0.05, 0.1) is 12.6 Å². The van der Waals surface area contributed by atoms with Gasteiger partial charge in [-0.1, -0.05) is 0 Å². The van der Waals surface area contributed by atoms with Gasteiger partial charge >= 0.3 is 0 Å². The fraction of sp³-hybridized carbons (Fsp3) is 0.333. The van der Waals surface area contributed by atoms with Gasteiger partial charge in [-0.25, -0.2) is 9.97 Å². The van der Waals surface area contributed by atoms with Crippen LogP contribution in [0.4, 0.5) is 0 Å². The number of likely N-dealkylation sites (N-methyl/N-ethyl adjacent to an activating group) is 1. The first kappa shape index (κ1) is 11.6. The second-order valence-electron chi connectivity index (χ2n) is 3.54. The minimum Gasteiger partial charge on any atom is -0.493 e. The molecule has 0 saturated carbocycles. The number of nitrogens with zero attached hydrogens (tertiary/aromatic N) is 2. The molecule has 1 heterocycles. The molecule has 0 spiro atoms. The van der Waals surface area contributed by atoms with Crippen molar-refractivity contribution in [3.05, 3.63) is 24.7 Å². The molecule has 0 saturated heterocycles. The Morgan fingerprint density at radius 2 is 2.18 bits per heavy atom. The van der Waals surface area contributed by atoms with Crippen LogP contribution >= 0.6 is 0 Å². The van der Waals surface area contributed by atoms with Gasteiger partial charge < -0.3 is 14.8 Å². The summed E-state index contributed by atoms with van der Waals surface area (Å²) in [7, 11) is 3.50. The summed E-state index contributed by atoms with van der Waals surface area (Å²) < 4.78 is 10.9. The number of hydrogen-bond donors (Lipinski definition) is 1. The topological polar surface area (TPSA) is 56.3 Å². The van der Waals surface area contributed by atoms with Crippen molar-refractivity contribution in [3.63, 3.8) is 0 Å². The number of methoxy groups -OCH3 is 1. The van der Waals surface area contributed by atoms with Crippen molar-refractivity contribution in [2.75, 3.05) is 27.3 Å². The van der Waals surface area contributed by atoms with Crippen LogP contribution < -0.4 is 14.8 Å². The van der Waals surface area contributed by atoms with Crippen LogP contribution in [0.25, 0.3) is 10.9 Å². The molecule has 1 aromatic carbocycles. The summed E-state index contributed by atoms with van der Waals surface area (Å²) in [6, 6.07) is 3.75. The summed E-state index contributed by atoms with van der Waals surface area (Å²) in [5.41, 5.74) is 0.847. The normalized spacial score (nSPS) is 10.5.